The molecule has 18 heavy (non-hydrogen) atoms. The summed E-state index contributed by atoms with van der Waals surface area (Å²) < 4.78 is 39.5. The van der Waals surface area contributed by atoms with Crippen LogP contribution in [-0.2, 0) is 23.4 Å². The first-order valence-corrected chi connectivity index (χ1v) is 5.61. The van der Waals surface area contributed by atoms with E-state index in [9.17, 15) is 23.1 Å². The van der Waals surface area contributed by atoms with Gasteiger partial charge in [0.25, 0.3) is 0 Å². The second-order valence-electron chi connectivity index (χ2n) is 4.38. The molecule has 4 nitrogen and oxygen atoms in total. The molecule has 2 rings (SSSR count). The molecular formula is C10H10ClF3N2O2. The Morgan fingerprint density at radius 2 is 2.06 bits per heavy atom. The van der Waals surface area contributed by atoms with Gasteiger partial charge in [0, 0.05) is 12.6 Å². The molecule has 1 aromatic heterocycles. The molecule has 1 aromatic rings. The third-order valence-electron chi connectivity index (χ3n) is 3.34. The zero-order valence-electron chi connectivity index (χ0n) is 9.38. The zero-order chi connectivity index (χ0) is 13.7. The quantitative estimate of drug-likeness (QED) is 0.907. The summed E-state index contributed by atoms with van der Waals surface area (Å²) in [7, 11) is 1.26. The Morgan fingerprint density at radius 3 is 2.39 bits per heavy atom. The third kappa shape index (κ3) is 1.68. The van der Waals surface area contributed by atoms with Crippen molar-refractivity contribution in [2.75, 3.05) is 0 Å². The van der Waals surface area contributed by atoms with E-state index in [0.717, 1.165) is 4.68 Å². The van der Waals surface area contributed by atoms with Crippen molar-refractivity contribution in [3.05, 3.63) is 16.4 Å². The molecule has 0 radical (unpaired) electrons. The Labute approximate surface area is 105 Å². The monoisotopic (exact) mass is 282 g/mol. The molecule has 1 heterocycles. The summed E-state index contributed by atoms with van der Waals surface area (Å²) in [6, 6.07) is 0. The molecule has 1 fully saturated rings. The summed E-state index contributed by atoms with van der Waals surface area (Å²) in [5.74, 6) is -1.28. The minimum absolute atomic E-state index is 0.150. The maximum atomic E-state index is 12.9. The molecule has 0 spiro atoms. The first-order valence-electron chi connectivity index (χ1n) is 5.24. The molecule has 0 atom stereocenters. The predicted octanol–water partition coefficient (Wildman–Crippen LogP) is 2.60. The highest BCUT2D eigenvalue weighted by molar-refractivity contribution is 6.31. The molecule has 0 saturated heterocycles. The van der Waals surface area contributed by atoms with Gasteiger partial charge < -0.3 is 5.11 Å². The molecule has 1 aliphatic rings. The highest BCUT2D eigenvalue weighted by Gasteiger charge is 2.54. The lowest BCUT2D eigenvalue weighted by Gasteiger charge is -2.38. The van der Waals surface area contributed by atoms with Gasteiger partial charge in [-0.1, -0.05) is 18.0 Å². The number of alkyl halides is 3. The van der Waals surface area contributed by atoms with Crippen LogP contribution < -0.4 is 0 Å². The molecular weight excluding hydrogens is 273 g/mol. The first-order chi connectivity index (χ1) is 8.20. The van der Waals surface area contributed by atoms with Crippen LogP contribution in [0.15, 0.2) is 0 Å². The van der Waals surface area contributed by atoms with Crippen LogP contribution in [0, 0.1) is 0 Å². The number of aliphatic carboxylic acids is 1. The fraction of sp³-hybridized carbons (Fsp3) is 0.600. The van der Waals surface area contributed by atoms with Crippen LogP contribution in [0.5, 0.6) is 0 Å². The molecule has 0 amide bonds. The normalized spacial score (nSPS) is 18.5. The minimum Gasteiger partial charge on any atom is -0.481 e. The lowest BCUT2D eigenvalue weighted by atomic mass is 9.64. The fourth-order valence-corrected chi connectivity index (χ4v) is 2.54. The van der Waals surface area contributed by atoms with Crippen LogP contribution >= 0.6 is 11.6 Å². The number of carboxylic acids is 1. The Morgan fingerprint density at radius 1 is 1.50 bits per heavy atom. The first kappa shape index (κ1) is 13.2. The number of carboxylic acid groups (broad SMARTS) is 1. The van der Waals surface area contributed by atoms with E-state index in [2.05, 4.69) is 5.10 Å². The van der Waals surface area contributed by atoms with Crippen LogP contribution in [0.2, 0.25) is 5.15 Å². The van der Waals surface area contributed by atoms with Crippen molar-refractivity contribution < 1.29 is 23.1 Å². The van der Waals surface area contributed by atoms with Crippen molar-refractivity contribution in [3.8, 4) is 0 Å². The molecule has 0 bridgehead atoms. The maximum Gasteiger partial charge on any atom is 0.435 e. The summed E-state index contributed by atoms with van der Waals surface area (Å²) in [6.45, 7) is 0. The van der Waals surface area contributed by atoms with E-state index in [1.54, 1.807) is 0 Å². The Bertz CT molecular complexity index is 506. The fourth-order valence-electron chi connectivity index (χ4n) is 2.23. The molecule has 100 valence electrons. The number of halogens is 4. The highest BCUT2D eigenvalue weighted by Crippen LogP contribution is 2.50. The average Bonchev–Trinajstić information content (AvgIpc) is 2.43. The number of carbonyl (C=O) groups is 1. The van der Waals surface area contributed by atoms with Gasteiger partial charge in [0.2, 0.25) is 0 Å². The molecule has 1 aliphatic carbocycles. The van der Waals surface area contributed by atoms with E-state index in [0.29, 0.717) is 6.42 Å². The van der Waals surface area contributed by atoms with Gasteiger partial charge in [0.05, 0.1) is 5.41 Å². The van der Waals surface area contributed by atoms with Gasteiger partial charge in [-0.05, 0) is 12.8 Å². The smallest absolute Gasteiger partial charge is 0.435 e. The van der Waals surface area contributed by atoms with E-state index in [4.69, 9.17) is 11.6 Å². The Balaban J connectivity index is 2.66. The van der Waals surface area contributed by atoms with E-state index < -0.39 is 28.8 Å². The van der Waals surface area contributed by atoms with Crippen molar-refractivity contribution >= 4 is 17.6 Å². The highest BCUT2D eigenvalue weighted by atomic mass is 35.5. The van der Waals surface area contributed by atoms with Crippen molar-refractivity contribution in [1.29, 1.82) is 0 Å². The van der Waals surface area contributed by atoms with Crippen LogP contribution in [0.3, 0.4) is 0 Å². The van der Waals surface area contributed by atoms with Crippen LogP contribution in [0.25, 0.3) is 0 Å². The Kier molecular flexibility index (Phi) is 2.84. The largest absolute Gasteiger partial charge is 0.481 e. The number of rotatable bonds is 2. The van der Waals surface area contributed by atoms with Gasteiger partial charge in [-0.3, -0.25) is 9.48 Å². The van der Waals surface area contributed by atoms with Gasteiger partial charge >= 0.3 is 12.1 Å². The number of hydrogen-bond donors (Lipinski definition) is 1. The minimum atomic E-state index is -4.71. The van der Waals surface area contributed by atoms with Crippen LogP contribution in [0.4, 0.5) is 13.2 Å². The lowest BCUT2D eigenvalue weighted by Crippen LogP contribution is -2.43. The van der Waals surface area contributed by atoms with Crippen LogP contribution in [-0.4, -0.2) is 20.9 Å². The van der Waals surface area contributed by atoms with E-state index >= 15 is 0 Å². The molecule has 0 aromatic carbocycles. The number of aromatic nitrogens is 2. The molecule has 1 N–H and O–H groups in total. The number of nitrogens with zero attached hydrogens (tertiary/aromatic N) is 2. The average molecular weight is 283 g/mol. The Hall–Kier alpha value is -1.24. The van der Waals surface area contributed by atoms with Gasteiger partial charge in [-0.15, -0.1) is 0 Å². The second-order valence-corrected chi connectivity index (χ2v) is 4.73. The molecule has 8 heteroatoms. The third-order valence-corrected chi connectivity index (χ3v) is 3.77. The SMILES string of the molecule is Cn1nc(C(F)(F)F)c(C2(C(=O)O)CCC2)c1Cl. The maximum absolute atomic E-state index is 12.9. The topological polar surface area (TPSA) is 55.1 Å². The zero-order valence-corrected chi connectivity index (χ0v) is 10.1. The standard InChI is InChI=1S/C10H10ClF3N2O2/c1-16-7(11)5(6(15-16)10(12,13)14)9(8(17)18)3-2-4-9/h2-4H2,1H3,(H,17,18). The molecule has 0 aliphatic heterocycles. The van der Waals surface area contributed by atoms with Gasteiger partial charge in [-0.25, -0.2) is 0 Å². The van der Waals surface area contributed by atoms with Gasteiger partial charge in [0.15, 0.2) is 5.69 Å². The van der Waals surface area contributed by atoms with E-state index in [-0.39, 0.29) is 18.0 Å². The summed E-state index contributed by atoms with van der Waals surface area (Å²) in [5, 5.41) is 12.2. The predicted molar refractivity (Wildman–Crippen MR) is 56.4 cm³/mol. The van der Waals surface area contributed by atoms with Crippen molar-refractivity contribution in [2.45, 2.75) is 30.9 Å². The van der Waals surface area contributed by atoms with Crippen LogP contribution in [0.1, 0.15) is 30.5 Å². The summed E-state index contributed by atoms with van der Waals surface area (Å²) >= 11 is 5.80. The molecule has 0 unspecified atom stereocenters. The number of hydrogen-bond acceptors (Lipinski definition) is 2. The summed E-state index contributed by atoms with van der Waals surface area (Å²) in [6.07, 6.45) is -3.85. The lowest BCUT2D eigenvalue weighted by molar-refractivity contribution is -0.150. The van der Waals surface area contributed by atoms with Gasteiger partial charge in [0.1, 0.15) is 5.15 Å². The van der Waals surface area contributed by atoms with Crippen molar-refractivity contribution in [1.82, 2.24) is 9.78 Å². The summed E-state index contributed by atoms with van der Waals surface area (Å²) in [5.41, 5.74) is -3.15. The number of aryl methyl sites for hydroxylation is 1. The summed E-state index contributed by atoms with van der Waals surface area (Å²) in [4.78, 5) is 11.3. The second kappa shape index (κ2) is 3.88. The van der Waals surface area contributed by atoms with E-state index in [1.165, 1.54) is 7.05 Å². The van der Waals surface area contributed by atoms with Gasteiger partial charge in [-0.2, -0.15) is 18.3 Å². The van der Waals surface area contributed by atoms with E-state index in [1.807, 2.05) is 0 Å². The molecule has 1 saturated carbocycles. The van der Waals surface area contributed by atoms with Crippen molar-refractivity contribution in [2.24, 2.45) is 7.05 Å². The van der Waals surface area contributed by atoms with Crippen molar-refractivity contribution in [3.63, 3.8) is 0 Å².